The molecule has 0 spiro atoms. The summed E-state index contributed by atoms with van der Waals surface area (Å²) in [7, 11) is 4.02. The average molecular weight is 329 g/mol. The average Bonchev–Trinajstić information content (AvgIpc) is 2.26. The first-order valence-corrected chi connectivity index (χ1v) is 7.04. The van der Waals surface area contributed by atoms with Crippen molar-refractivity contribution in [2.24, 2.45) is 5.92 Å². The minimum atomic E-state index is -0.914. The fraction of sp³-hybridized carbons (Fsp3) is 0.500. The molecule has 1 aromatic carbocycles. The molecule has 4 nitrogen and oxygen atoms in total. The number of carbonyl (C=O) groups is 1. The van der Waals surface area contributed by atoms with Crippen LogP contribution in [0.1, 0.15) is 24.2 Å². The number of nitrogens with one attached hydrogen (secondary N) is 1. The molecule has 0 aliphatic carbocycles. The number of nitrogens with zero attached hydrogens (tertiary/aromatic N) is 1. The second-order valence-corrected chi connectivity index (χ2v) is 6.17. The van der Waals surface area contributed by atoms with Crippen LogP contribution >= 0.6 is 15.9 Å². The van der Waals surface area contributed by atoms with E-state index in [-0.39, 0.29) is 6.04 Å². The van der Waals surface area contributed by atoms with E-state index in [0.717, 1.165) is 11.0 Å². The van der Waals surface area contributed by atoms with E-state index in [9.17, 15) is 9.90 Å². The predicted octanol–water partition coefficient (Wildman–Crippen LogP) is 3.15. The van der Waals surface area contributed by atoms with Crippen molar-refractivity contribution in [2.45, 2.75) is 19.9 Å². The Bertz CT molecular complexity index is 447. The standard InChI is InChI=1S/C14H21BrN2O2/c1-9(2)13(8-17(3)4)16-12-7-10(15)5-6-11(12)14(18)19/h5-7,9,13,16H,8H2,1-4H3,(H,18,19). The quantitative estimate of drug-likeness (QED) is 0.842. The molecule has 1 atom stereocenters. The van der Waals surface area contributed by atoms with Crippen molar-refractivity contribution in [2.75, 3.05) is 26.0 Å². The second kappa shape index (κ2) is 6.91. The van der Waals surface area contributed by atoms with Crippen LogP contribution in [0.2, 0.25) is 0 Å². The third-order valence-corrected chi connectivity index (χ3v) is 3.41. The Morgan fingerprint density at radius 3 is 2.53 bits per heavy atom. The van der Waals surface area contributed by atoms with Gasteiger partial charge in [-0.2, -0.15) is 0 Å². The highest BCUT2D eigenvalue weighted by Crippen LogP contribution is 2.23. The smallest absolute Gasteiger partial charge is 0.337 e. The highest BCUT2D eigenvalue weighted by atomic mass is 79.9. The van der Waals surface area contributed by atoms with Crippen LogP contribution in [0.4, 0.5) is 5.69 Å². The molecule has 0 aliphatic heterocycles. The minimum Gasteiger partial charge on any atom is -0.478 e. The summed E-state index contributed by atoms with van der Waals surface area (Å²) in [5, 5.41) is 12.6. The summed E-state index contributed by atoms with van der Waals surface area (Å²) in [4.78, 5) is 13.3. The molecule has 0 amide bonds. The molecule has 1 rings (SSSR count). The van der Waals surface area contributed by atoms with E-state index in [2.05, 4.69) is 40.0 Å². The first-order chi connectivity index (χ1) is 8.81. The van der Waals surface area contributed by atoms with Crippen LogP contribution in [-0.2, 0) is 0 Å². The monoisotopic (exact) mass is 328 g/mol. The molecule has 0 heterocycles. The Hall–Kier alpha value is -1.07. The Kier molecular flexibility index (Phi) is 5.82. The van der Waals surface area contributed by atoms with Crippen LogP contribution in [0.3, 0.4) is 0 Å². The van der Waals surface area contributed by atoms with Crippen LogP contribution in [0.25, 0.3) is 0 Å². The van der Waals surface area contributed by atoms with E-state index in [1.165, 1.54) is 0 Å². The zero-order chi connectivity index (χ0) is 14.6. The molecule has 0 radical (unpaired) electrons. The third kappa shape index (κ3) is 4.84. The highest BCUT2D eigenvalue weighted by molar-refractivity contribution is 9.10. The van der Waals surface area contributed by atoms with E-state index in [1.54, 1.807) is 12.1 Å². The van der Waals surface area contributed by atoms with E-state index in [0.29, 0.717) is 17.2 Å². The maximum absolute atomic E-state index is 11.2. The molecule has 0 fully saturated rings. The van der Waals surface area contributed by atoms with Crippen LogP contribution in [0.15, 0.2) is 22.7 Å². The van der Waals surface area contributed by atoms with E-state index < -0.39 is 5.97 Å². The van der Waals surface area contributed by atoms with E-state index in [4.69, 9.17) is 0 Å². The lowest BCUT2D eigenvalue weighted by Crippen LogP contribution is -2.36. The zero-order valence-electron chi connectivity index (χ0n) is 11.8. The number of halogens is 1. The molecule has 19 heavy (non-hydrogen) atoms. The summed E-state index contributed by atoms with van der Waals surface area (Å²) in [5.41, 5.74) is 0.954. The number of carboxylic acids is 1. The molecule has 5 heteroatoms. The number of anilines is 1. The fourth-order valence-electron chi connectivity index (χ4n) is 1.84. The van der Waals surface area contributed by atoms with Crippen LogP contribution in [0.5, 0.6) is 0 Å². The first-order valence-electron chi connectivity index (χ1n) is 6.25. The lowest BCUT2D eigenvalue weighted by molar-refractivity contribution is 0.0698. The highest BCUT2D eigenvalue weighted by Gasteiger charge is 2.18. The first kappa shape index (κ1) is 16.0. The van der Waals surface area contributed by atoms with Gasteiger partial charge in [0.2, 0.25) is 0 Å². The lowest BCUT2D eigenvalue weighted by Gasteiger charge is -2.27. The summed E-state index contributed by atoms with van der Waals surface area (Å²) >= 11 is 3.38. The number of carboxylic acid groups (broad SMARTS) is 1. The normalized spacial score (nSPS) is 12.8. The summed E-state index contributed by atoms with van der Waals surface area (Å²) in [6.45, 7) is 5.10. The summed E-state index contributed by atoms with van der Waals surface area (Å²) in [6, 6.07) is 5.36. The van der Waals surface area contributed by atoms with Gasteiger partial charge < -0.3 is 15.3 Å². The van der Waals surface area contributed by atoms with Crippen LogP contribution in [0, 0.1) is 5.92 Å². The fourth-order valence-corrected chi connectivity index (χ4v) is 2.20. The number of hydrogen-bond donors (Lipinski definition) is 2. The van der Waals surface area contributed by atoms with Gasteiger partial charge in [-0.05, 0) is 38.2 Å². The van der Waals surface area contributed by atoms with Crippen molar-refractivity contribution in [3.8, 4) is 0 Å². The minimum absolute atomic E-state index is 0.197. The summed E-state index contributed by atoms with van der Waals surface area (Å²) < 4.78 is 0.868. The van der Waals surface area contributed by atoms with Crippen molar-refractivity contribution in [1.29, 1.82) is 0 Å². The Balaban J connectivity index is 3.01. The molecule has 1 aromatic rings. The molecule has 1 unspecified atom stereocenters. The van der Waals surface area contributed by atoms with Gasteiger partial charge >= 0.3 is 5.97 Å². The number of benzene rings is 1. The van der Waals surface area contributed by atoms with Crippen molar-refractivity contribution < 1.29 is 9.90 Å². The van der Waals surface area contributed by atoms with Gasteiger partial charge in [-0.3, -0.25) is 0 Å². The molecule has 2 N–H and O–H groups in total. The molecule has 106 valence electrons. The van der Waals surface area contributed by atoms with Crippen molar-refractivity contribution in [3.63, 3.8) is 0 Å². The number of hydrogen-bond acceptors (Lipinski definition) is 3. The summed E-state index contributed by atoms with van der Waals surface area (Å²) in [5.74, 6) is -0.509. The topological polar surface area (TPSA) is 52.6 Å². The third-order valence-electron chi connectivity index (χ3n) is 2.92. The molecule has 0 aliphatic rings. The van der Waals surface area contributed by atoms with Gasteiger partial charge in [0.1, 0.15) is 0 Å². The Labute approximate surface area is 122 Å². The van der Waals surface area contributed by atoms with Gasteiger partial charge in [-0.25, -0.2) is 4.79 Å². The van der Waals surface area contributed by atoms with Gasteiger partial charge in [-0.1, -0.05) is 29.8 Å². The van der Waals surface area contributed by atoms with E-state index >= 15 is 0 Å². The van der Waals surface area contributed by atoms with Crippen molar-refractivity contribution in [3.05, 3.63) is 28.2 Å². The Morgan fingerprint density at radius 1 is 1.42 bits per heavy atom. The largest absolute Gasteiger partial charge is 0.478 e. The van der Waals surface area contributed by atoms with Crippen molar-refractivity contribution >= 4 is 27.6 Å². The lowest BCUT2D eigenvalue weighted by atomic mass is 10.0. The molecular formula is C14H21BrN2O2. The van der Waals surface area contributed by atoms with Gasteiger partial charge in [-0.15, -0.1) is 0 Å². The van der Waals surface area contributed by atoms with Crippen LogP contribution in [-0.4, -0.2) is 42.7 Å². The molecule has 0 aromatic heterocycles. The molecule has 0 bridgehead atoms. The number of rotatable bonds is 6. The molecule has 0 saturated carbocycles. The van der Waals surface area contributed by atoms with Crippen LogP contribution < -0.4 is 5.32 Å². The second-order valence-electron chi connectivity index (χ2n) is 5.25. The molecular weight excluding hydrogens is 308 g/mol. The maximum atomic E-state index is 11.2. The van der Waals surface area contributed by atoms with Crippen molar-refractivity contribution in [1.82, 2.24) is 4.90 Å². The molecule has 0 saturated heterocycles. The number of likely N-dealkylation sites (N-methyl/N-ethyl adjacent to an activating group) is 1. The van der Waals surface area contributed by atoms with Gasteiger partial charge in [0.15, 0.2) is 0 Å². The van der Waals surface area contributed by atoms with Gasteiger partial charge in [0.25, 0.3) is 0 Å². The Morgan fingerprint density at radius 2 is 2.05 bits per heavy atom. The maximum Gasteiger partial charge on any atom is 0.337 e. The SMILES string of the molecule is CC(C)C(CN(C)C)Nc1cc(Br)ccc1C(=O)O. The predicted molar refractivity (Wildman–Crippen MR) is 81.9 cm³/mol. The summed E-state index contributed by atoms with van der Waals surface area (Å²) in [6.07, 6.45) is 0. The number of aromatic carboxylic acids is 1. The zero-order valence-corrected chi connectivity index (χ0v) is 13.4. The van der Waals surface area contributed by atoms with E-state index in [1.807, 2.05) is 20.2 Å². The van der Waals surface area contributed by atoms with Gasteiger partial charge in [0.05, 0.1) is 11.3 Å². The van der Waals surface area contributed by atoms with Gasteiger partial charge in [0, 0.05) is 17.1 Å².